The summed E-state index contributed by atoms with van der Waals surface area (Å²) in [5.74, 6) is 0.791. The summed E-state index contributed by atoms with van der Waals surface area (Å²) in [4.78, 5) is 25.6. The number of benzene rings is 1. The van der Waals surface area contributed by atoms with Crippen LogP contribution in [0.5, 0.6) is 5.75 Å². The second kappa shape index (κ2) is 5.04. The SMILES string of the molecule is COc1ccc2cc(CCC(C)=O)c(=O)[nH]c2c1. The third-order valence-corrected chi connectivity index (χ3v) is 2.88. The summed E-state index contributed by atoms with van der Waals surface area (Å²) in [6.45, 7) is 1.53. The minimum absolute atomic E-state index is 0.0872. The van der Waals surface area contributed by atoms with E-state index in [9.17, 15) is 9.59 Å². The number of ketones is 1. The van der Waals surface area contributed by atoms with Crippen molar-refractivity contribution in [2.24, 2.45) is 0 Å². The van der Waals surface area contributed by atoms with Gasteiger partial charge in [-0.1, -0.05) is 0 Å². The van der Waals surface area contributed by atoms with Gasteiger partial charge >= 0.3 is 0 Å². The molecule has 4 heteroatoms. The molecular formula is C14H15NO3. The van der Waals surface area contributed by atoms with Gasteiger partial charge in [-0.15, -0.1) is 0 Å². The smallest absolute Gasteiger partial charge is 0.251 e. The number of fused-ring (bicyclic) bond motifs is 1. The molecule has 1 aromatic heterocycles. The maximum atomic E-state index is 11.8. The van der Waals surface area contributed by atoms with Crippen LogP contribution in [0.4, 0.5) is 0 Å². The normalized spacial score (nSPS) is 10.6. The second-order valence-electron chi connectivity index (χ2n) is 4.28. The topological polar surface area (TPSA) is 59.2 Å². The van der Waals surface area contributed by atoms with Crippen LogP contribution in [-0.2, 0) is 11.2 Å². The zero-order chi connectivity index (χ0) is 13.1. The summed E-state index contributed by atoms with van der Waals surface area (Å²) in [5.41, 5.74) is 1.24. The van der Waals surface area contributed by atoms with Gasteiger partial charge in [0.2, 0.25) is 0 Å². The number of ether oxygens (including phenoxy) is 1. The van der Waals surface area contributed by atoms with Gasteiger partial charge in [-0.3, -0.25) is 4.79 Å². The number of aryl methyl sites for hydroxylation is 1. The molecule has 2 rings (SSSR count). The van der Waals surface area contributed by atoms with E-state index in [1.54, 1.807) is 13.2 Å². The van der Waals surface area contributed by atoms with Gasteiger partial charge in [0.1, 0.15) is 11.5 Å². The number of hydrogen-bond donors (Lipinski definition) is 1. The van der Waals surface area contributed by atoms with E-state index in [4.69, 9.17) is 4.74 Å². The summed E-state index contributed by atoms with van der Waals surface area (Å²) >= 11 is 0. The Labute approximate surface area is 105 Å². The number of nitrogens with one attached hydrogen (secondary N) is 1. The molecule has 0 radical (unpaired) electrons. The van der Waals surface area contributed by atoms with Crippen LogP contribution in [-0.4, -0.2) is 17.9 Å². The number of methoxy groups -OCH3 is 1. The number of carbonyl (C=O) groups excluding carboxylic acids is 1. The lowest BCUT2D eigenvalue weighted by Crippen LogP contribution is -2.13. The number of Topliss-reactive ketones (excluding diaryl/α,β-unsaturated/α-hetero) is 1. The van der Waals surface area contributed by atoms with E-state index >= 15 is 0 Å². The van der Waals surface area contributed by atoms with E-state index in [0.717, 1.165) is 10.9 Å². The van der Waals surface area contributed by atoms with Gasteiger partial charge in [-0.25, -0.2) is 0 Å². The Morgan fingerprint density at radius 1 is 1.33 bits per heavy atom. The molecule has 1 aromatic carbocycles. The minimum atomic E-state index is -0.142. The minimum Gasteiger partial charge on any atom is -0.497 e. The van der Waals surface area contributed by atoms with Crippen LogP contribution in [0.15, 0.2) is 29.1 Å². The van der Waals surface area contributed by atoms with Crippen molar-refractivity contribution in [3.63, 3.8) is 0 Å². The number of hydrogen-bond acceptors (Lipinski definition) is 3. The van der Waals surface area contributed by atoms with Crippen molar-refractivity contribution in [2.45, 2.75) is 19.8 Å². The van der Waals surface area contributed by atoms with Crippen LogP contribution in [0.2, 0.25) is 0 Å². The van der Waals surface area contributed by atoms with Crippen molar-refractivity contribution >= 4 is 16.7 Å². The third-order valence-electron chi connectivity index (χ3n) is 2.88. The van der Waals surface area contributed by atoms with Gasteiger partial charge in [0.05, 0.1) is 12.6 Å². The Morgan fingerprint density at radius 2 is 2.11 bits per heavy atom. The molecule has 18 heavy (non-hydrogen) atoms. The van der Waals surface area contributed by atoms with Crippen molar-refractivity contribution in [3.8, 4) is 5.75 Å². The van der Waals surface area contributed by atoms with E-state index < -0.39 is 0 Å². The summed E-state index contributed by atoms with van der Waals surface area (Å²) < 4.78 is 5.10. The molecule has 0 spiro atoms. The highest BCUT2D eigenvalue weighted by Crippen LogP contribution is 2.18. The van der Waals surface area contributed by atoms with Crippen LogP contribution in [0.3, 0.4) is 0 Å². The van der Waals surface area contributed by atoms with Crippen LogP contribution in [0.25, 0.3) is 10.9 Å². The van der Waals surface area contributed by atoms with Crippen molar-refractivity contribution in [1.29, 1.82) is 0 Å². The van der Waals surface area contributed by atoms with Gasteiger partial charge in [0.25, 0.3) is 5.56 Å². The lowest BCUT2D eigenvalue weighted by molar-refractivity contribution is -0.116. The van der Waals surface area contributed by atoms with Crippen molar-refractivity contribution < 1.29 is 9.53 Å². The van der Waals surface area contributed by atoms with Crippen LogP contribution >= 0.6 is 0 Å². The van der Waals surface area contributed by atoms with E-state index in [-0.39, 0.29) is 11.3 Å². The number of rotatable bonds is 4. The maximum absolute atomic E-state index is 11.8. The third kappa shape index (κ3) is 2.59. The van der Waals surface area contributed by atoms with Crippen molar-refractivity contribution in [3.05, 3.63) is 40.2 Å². The lowest BCUT2D eigenvalue weighted by atomic mass is 10.1. The molecule has 0 unspecified atom stereocenters. The van der Waals surface area contributed by atoms with E-state index in [0.29, 0.717) is 24.2 Å². The van der Waals surface area contributed by atoms with Crippen LogP contribution in [0, 0.1) is 0 Å². The van der Waals surface area contributed by atoms with Gasteiger partial charge < -0.3 is 14.5 Å². The standard InChI is InChI=1S/C14H15NO3/c1-9(16)3-4-11-7-10-5-6-12(18-2)8-13(10)15-14(11)17/h5-8H,3-4H2,1-2H3,(H,15,17). The molecule has 0 aliphatic heterocycles. The molecule has 2 aromatic rings. The fourth-order valence-electron chi connectivity index (χ4n) is 1.85. The lowest BCUT2D eigenvalue weighted by Gasteiger charge is -2.04. The highest BCUT2D eigenvalue weighted by atomic mass is 16.5. The molecule has 0 fully saturated rings. The Morgan fingerprint density at radius 3 is 2.78 bits per heavy atom. The molecule has 4 nitrogen and oxygen atoms in total. The Hall–Kier alpha value is -2.10. The number of carbonyl (C=O) groups is 1. The van der Waals surface area contributed by atoms with Gasteiger partial charge in [0, 0.05) is 18.1 Å². The first kappa shape index (κ1) is 12.4. The summed E-state index contributed by atoms with van der Waals surface area (Å²) in [6.07, 6.45) is 0.872. The quantitative estimate of drug-likeness (QED) is 0.896. The van der Waals surface area contributed by atoms with E-state index in [2.05, 4.69) is 4.98 Å². The second-order valence-corrected chi connectivity index (χ2v) is 4.28. The van der Waals surface area contributed by atoms with Crippen molar-refractivity contribution in [1.82, 2.24) is 4.98 Å². The Balaban J connectivity index is 2.43. The van der Waals surface area contributed by atoms with Crippen LogP contribution in [0.1, 0.15) is 18.9 Å². The van der Waals surface area contributed by atoms with Gasteiger partial charge in [0.15, 0.2) is 0 Å². The molecule has 0 atom stereocenters. The maximum Gasteiger partial charge on any atom is 0.251 e. The molecule has 0 aliphatic rings. The average molecular weight is 245 g/mol. The first-order valence-corrected chi connectivity index (χ1v) is 5.79. The summed E-state index contributed by atoms with van der Waals surface area (Å²) in [5, 5.41) is 0.939. The highest BCUT2D eigenvalue weighted by Gasteiger charge is 2.05. The molecule has 0 saturated carbocycles. The summed E-state index contributed by atoms with van der Waals surface area (Å²) in [7, 11) is 1.58. The monoisotopic (exact) mass is 245 g/mol. The molecule has 0 bridgehead atoms. The molecule has 1 heterocycles. The predicted molar refractivity (Wildman–Crippen MR) is 70.1 cm³/mol. The molecule has 0 amide bonds. The fourth-order valence-corrected chi connectivity index (χ4v) is 1.85. The average Bonchev–Trinajstić information content (AvgIpc) is 2.35. The fraction of sp³-hybridized carbons (Fsp3) is 0.286. The zero-order valence-corrected chi connectivity index (χ0v) is 10.4. The van der Waals surface area contributed by atoms with Crippen LogP contribution < -0.4 is 10.3 Å². The van der Waals surface area contributed by atoms with Gasteiger partial charge in [-0.05, 0) is 36.9 Å². The molecule has 0 saturated heterocycles. The number of pyridine rings is 1. The summed E-state index contributed by atoms with van der Waals surface area (Å²) in [6, 6.07) is 7.35. The largest absolute Gasteiger partial charge is 0.497 e. The highest BCUT2D eigenvalue weighted by molar-refractivity contribution is 5.81. The van der Waals surface area contributed by atoms with E-state index in [1.165, 1.54) is 6.92 Å². The van der Waals surface area contributed by atoms with E-state index in [1.807, 2.05) is 18.2 Å². The number of H-pyrrole nitrogens is 1. The van der Waals surface area contributed by atoms with Crippen molar-refractivity contribution in [2.75, 3.05) is 7.11 Å². The number of aromatic nitrogens is 1. The molecule has 0 aliphatic carbocycles. The first-order chi connectivity index (χ1) is 8.60. The Bertz CT molecular complexity index is 643. The first-order valence-electron chi connectivity index (χ1n) is 5.79. The number of aromatic amines is 1. The molecule has 1 N–H and O–H groups in total. The zero-order valence-electron chi connectivity index (χ0n) is 10.4. The predicted octanol–water partition coefficient (Wildman–Crippen LogP) is 2.06. The van der Waals surface area contributed by atoms with Gasteiger partial charge in [-0.2, -0.15) is 0 Å². The Kier molecular flexibility index (Phi) is 3.46. The molecule has 94 valence electrons. The molecular weight excluding hydrogens is 230 g/mol.